The summed E-state index contributed by atoms with van der Waals surface area (Å²) in [7, 11) is 0. The summed E-state index contributed by atoms with van der Waals surface area (Å²) in [6, 6.07) is 0.140. The third-order valence-electron chi connectivity index (χ3n) is 3.12. The topological polar surface area (TPSA) is 64.3 Å². The van der Waals surface area contributed by atoms with Crippen LogP contribution in [0.3, 0.4) is 0 Å². The van der Waals surface area contributed by atoms with Crippen LogP contribution in [0.1, 0.15) is 52.9 Å². The molecule has 0 aliphatic heterocycles. The van der Waals surface area contributed by atoms with E-state index in [4.69, 9.17) is 10.5 Å². The van der Waals surface area contributed by atoms with Crippen molar-refractivity contribution in [2.75, 3.05) is 13.2 Å². The molecule has 0 fully saturated rings. The Balaban J connectivity index is 3.75. The molecule has 0 bridgehead atoms. The first-order chi connectivity index (χ1) is 9.57. The minimum absolute atomic E-state index is 0.0165. The molecule has 0 radical (unpaired) electrons. The van der Waals surface area contributed by atoms with Crippen molar-refractivity contribution in [3.8, 4) is 0 Å². The number of ether oxygens (including phenoxy) is 1. The van der Waals surface area contributed by atoms with E-state index >= 15 is 0 Å². The fourth-order valence-electron chi connectivity index (χ4n) is 2.06. The Hall–Kier alpha value is -0.820. The number of carbonyl (C=O) groups is 1. The van der Waals surface area contributed by atoms with Crippen LogP contribution in [-0.2, 0) is 9.53 Å². The number of halogens is 3. The zero-order chi connectivity index (χ0) is 16.5. The quantitative estimate of drug-likeness (QED) is 0.577. The van der Waals surface area contributed by atoms with E-state index in [0.717, 1.165) is 6.42 Å². The molecule has 3 N–H and O–H groups in total. The van der Waals surface area contributed by atoms with Crippen LogP contribution in [0.5, 0.6) is 0 Å². The molecule has 0 spiro atoms. The third kappa shape index (κ3) is 10.5. The summed E-state index contributed by atoms with van der Waals surface area (Å²) in [5, 5.41) is 3.14. The minimum Gasteiger partial charge on any atom is -0.381 e. The van der Waals surface area contributed by atoms with E-state index in [0.29, 0.717) is 19.4 Å². The van der Waals surface area contributed by atoms with Crippen LogP contribution < -0.4 is 11.1 Å². The molecule has 7 heteroatoms. The number of hydrogen-bond acceptors (Lipinski definition) is 3. The van der Waals surface area contributed by atoms with E-state index in [1.807, 2.05) is 13.8 Å². The van der Waals surface area contributed by atoms with Gasteiger partial charge in [0, 0.05) is 25.7 Å². The first-order valence-corrected chi connectivity index (χ1v) is 7.29. The number of rotatable bonds is 11. The van der Waals surface area contributed by atoms with Gasteiger partial charge < -0.3 is 15.8 Å². The molecule has 0 aromatic heterocycles. The molecule has 0 aliphatic carbocycles. The summed E-state index contributed by atoms with van der Waals surface area (Å²) in [6.45, 7) is 6.14. The van der Waals surface area contributed by atoms with Gasteiger partial charge in [0.1, 0.15) is 0 Å². The predicted octanol–water partition coefficient (Wildman–Crippen LogP) is 2.76. The van der Waals surface area contributed by atoms with Gasteiger partial charge >= 0.3 is 6.18 Å². The summed E-state index contributed by atoms with van der Waals surface area (Å²) in [5.74, 6) is -0.401. The predicted molar refractivity (Wildman–Crippen MR) is 75.8 cm³/mol. The Kier molecular flexibility index (Phi) is 8.89. The summed E-state index contributed by atoms with van der Waals surface area (Å²) < 4.78 is 40.8. The maximum absolute atomic E-state index is 11.9. The molecule has 0 rings (SSSR count). The lowest BCUT2D eigenvalue weighted by molar-refractivity contribution is -0.137. The fraction of sp³-hybridized carbons (Fsp3) is 0.929. The smallest absolute Gasteiger partial charge is 0.381 e. The van der Waals surface area contributed by atoms with Gasteiger partial charge in [-0.2, -0.15) is 13.2 Å². The Bertz CT molecular complexity index is 309. The first-order valence-electron chi connectivity index (χ1n) is 7.29. The lowest BCUT2D eigenvalue weighted by Gasteiger charge is -2.29. The molecule has 0 aromatic rings. The van der Waals surface area contributed by atoms with Gasteiger partial charge in [0.2, 0.25) is 5.91 Å². The fourth-order valence-corrected chi connectivity index (χ4v) is 2.06. The molecule has 1 atom stereocenters. The molecule has 0 saturated heterocycles. The van der Waals surface area contributed by atoms with E-state index in [2.05, 4.69) is 5.32 Å². The van der Waals surface area contributed by atoms with Crippen molar-refractivity contribution in [2.24, 2.45) is 5.73 Å². The van der Waals surface area contributed by atoms with Crippen molar-refractivity contribution in [3.63, 3.8) is 0 Å². The zero-order valence-electron chi connectivity index (χ0n) is 13.1. The van der Waals surface area contributed by atoms with E-state index in [-0.39, 0.29) is 19.1 Å². The number of carbonyl (C=O) groups excluding carboxylic acids is 1. The number of amides is 1. The van der Waals surface area contributed by atoms with Crippen LogP contribution in [-0.4, -0.2) is 36.9 Å². The SMILES string of the molecule is CC(C)NC(C)(CCCCOCCCC(F)(F)F)C(N)=O. The highest BCUT2D eigenvalue weighted by molar-refractivity contribution is 5.84. The lowest BCUT2D eigenvalue weighted by atomic mass is 9.93. The number of primary amides is 1. The Labute approximate surface area is 124 Å². The molecule has 126 valence electrons. The first kappa shape index (κ1) is 20.2. The summed E-state index contributed by atoms with van der Waals surface area (Å²) in [5.41, 5.74) is 4.64. The van der Waals surface area contributed by atoms with Gasteiger partial charge in [-0.05, 0) is 46.5 Å². The summed E-state index contributed by atoms with van der Waals surface area (Å²) >= 11 is 0. The number of unbranched alkanes of at least 4 members (excludes halogenated alkanes) is 1. The second kappa shape index (κ2) is 9.25. The van der Waals surface area contributed by atoms with E-state index in [1.165, 1.54) is 0 Å². The lowest BCUT2D eigenvalue weighted by Crippen LogP contribution is -2.55. The van der Waals surface area contributed by atoms with E-state index < -0.39 is 24.0 Å². The van der Waals surface area contributed by atoms with Gasteiger partial charge in [-0.15, -0.1) is 0 Å². The highest BCUT2D eigenvalue weighted by Crippen LogP contribution is 2.21. The number of alkyl halides is 3. The van der Waals surface area contributed by atoms with Crippen molar-refractivity contribution < 1.29 is 22.7 Å². The molecule has 4 nitrogen and oxygen atoms in total. The second-order valence-electron chi connectivity index (χ2n) is 5.78. The highest BCUT2D eigenvalue weighted by atomic mass is 19.4. The largest absolute Gasteiger partial charge is 0.389 e. The molecule has 1 amide bonds. The molecule has 0 heterocycles. The average molecular weight is 312 g/mol. The van der Waals surface area contributed by atoms with Crippen LogP contribution in [0.25, 0.3) is 0 Å². The number of nitrogens with one attached hydrogen (secondary N) is 1. The van der Waals surface area contributed by atoms with Gasteiger partial charge in [0.25, 0.3) is 0 Å². The van der Waals surface area contributed by atoms with Crippen molar-refractivity contribution in [1.82, 2.24) is 5.32 Å². The molecule has 1 unspecified atom stereocenters. The average Bonchev–Trinajstić information content (AvgIpc) is 2.30. The van der Waals surface area contributed by atoms with E-state index in [1.54, 1.807) is 6.92 Å². The van der Waals surface area contributed by atoms with Gasteiger partial charge in [-0.3, -0.25) is 4.79 Å². The van der Waals surface area contributed by atoms with Gasteiger partial charge in [-0.1, -0.05) is 0 Å². The highest BCUT2D eigenvalue weighted by Gasteiger charge is 2.30. The zero-order valence-corrected chi connectivity index (χ0v) is 13.1. The summed E-state index contributed by atoms with van der Waals surface area (Å²) in [4.78, 5) is 11.5. The van der Waals surface area contributed by atoms with Crippen LogP contribution >= 0.6 is 0 Å². The van der Waals surface area contributed by atoms with Crippen molar-refractivity contribution in [2.45, 2.75) is 70.6 Å². The van der Waals surface area contributed by atoms with Gasteiger partial charge in [-0.25, -0.2) is 0 Å². The van der Waals surface area contributed by atoms with Crippen molar-refractivity contribution >= 4 is 5.91 Å². The molecule has 21 heavy (non-hydrogen) atoms. The van der Waals surface area contributed by atoms with E-state index in [9.17, 15) is 18.0 Å². The molecule has 0 aromatic carbocycles. The molecule has 0 saturated carbocycles. The van der Waals surface area contributed by atoms with Crippen LogP contribution in [0, 0.1) is 0 Å². The normalized spacial score (nSPS) is 15.2. The maximum Gasteiger partial charge on any atom is 0.389 e. The Morgan fingerprint density at radius 3 is 2.19 bits per heavy atom. The Morgan fingerprint density at radius 1 is 1.14 bits per heavy atom. The molecule has 0 aliphatic rings. The number of hydrogen-bond donors (Lipinski definition) is 2. The van der Waals surface area contributed by atoms with Crippen LogP contribution in [0.2, 0.25) is 0 Å². The molecular formula is C14H27F3N2O2. The molecular weight excluding hydrogens is 285 g/mol. The number of nitrogens with two attached hydrogens (primary N) is 1. The standard InChI is InChI=1S/C14H27F3N2O2/c1-11(2)19-13(3,12(18)20)7-4-5-9-21-10-6-8-14(15,16)17/h11,19H,4-10H2,1-3H3,(H2,18,20). The maximum atomic E-state index is 11.9. The minimum atomic E-state index is -4.12. The second-order valence-corrected chi connectivity index (χ2v) is 5.78. The summed E-state index contributed by atoms with van der Waals surface area (Å²) in [6.07, 6.45) is -2.96. The van der Waals surface area contributed by atoms with Crippen LogP contribution in [0.4, 0.5) is 13.2 Å². The Morgan fingerprint density at radius 2 is 1.71 bits per heavy atom. The van der Waals surface area contributed by atoms with Crippen LogP contribution in [0.15, 0.2) is 0 Å². The third-order valence-corrected chi connectivity index (χ3v) is 3.12. The van der Waals surface area contributed by atoms with Gasteiger partial charge in [0.15, 0.2) is 0 Å². The van der Waals surface area contributed by atoms with Crippen molar-refractivity contribution in [1.29, 1.82) is 0 Å². The monoisotopic (exact) mass is 312 g/mol. The van der Waals surface area contributed by atoms with Gasteiger partial charge in [0.05, 0.1) is 5.54 Å². The van der Waals surface area contributed by atoms with Crippen molar-refractivity contribution in [3.05, 3.63) is 0 Å².